The first-order valence-electron chi connectivity index (χ1n) is 11.2. The molecule has 0 atom stereocenters. The largest absolute Gasteiger partial charge is 0.416 e. The van der Waals surface area contributed by atoms with Gasteiger partial charge in [0.25, 0.3) is 5.91 Å². The van der Waals surface area contributed by atoms with Crippen LogP contribution in [0.1, 0.15) is 79.8 Å². The number of hydrogen-bond acceptors (Lipinski definition) is 3. The van der Waals surface area contributed by atoms with Crippen LogP contribution in [0.15, 0.2) is 30.3 Å². The molecule has 0 spiro atoms. The Kier molecular flexibility index (Phi) is 7.24. The first kappa shape index (κ1) is 26.3. The highest BCUT2D eigenvalue weighted by Gasteiger charge is 2.33. The molecular formula is C24H32F3N3O3S. The van der Waals surface area contributed by atoms with Gasteiger partial charge in [-0.1, -0.05) is 26.8 Å². The molecule has 1 aromatic carbocycles. The van der Waals surface area contributed by atoms with E-state index >= 15 is 0 Å². The Hall–Kier alpha value is -2.33. The normalized spacial score (nSPS) is 19.8. The quantitative estimate of drug-likeness (QED) is 0.578. The fourth-order valence-corrected chi connectivity index (χ4v) is 5.47. The Morgan fingerprint density at radius 3 is 2.21 bits per heavy atom. The molecule has 0 unspecified atom stereocenters. The van der Waals surface area contributed by atoms with E-state index in [1.165, 1.54) is 12.1 Å². The second kappa shape index (κ2) is 9.37. The van der Waals surface area contributed by atoms with Crippen LogP contribution in [-0.4, -0.2) is 31.2 Å². The molecule has 188 valence electrons. The van der Waals surface area contributed by atoms with Crippen LogP contribution in [0.25, 0.3) is 0 Å². The zero-order chi connectivity index (χ0) is 25.5. The molecule has 3 rings (SSSR count). The molecule has 0 saturated heterocycles. The third-order valence-electron chi connectivity index (χ3n) is 6.20. The minimum Gasteiger partial charge on any atom is -0.345 e. The molecule has 1 fully saturated rings. The number of alkyl halides is 3. The minimum absolute atomic E-state index is 0.0802. The molecule has 0 radical (unpaired) electrons. The van der Waals surface area contributed by atoms with Gasteiger partial charge in [-0.3, -0.25) is 4.79 Å². The summed E-state index contributed by atoms with van der Waals surface area (Å²) in [4.78, 5) is 13.1. The Morgan fingerprint density at radius 2 is 1.68 bits per heavy atom. The van der Waals surface area contributed by atoms with Crippen molar-refractivity contribution in [3.8, 4) is 0 Å². The Balaban J connectivity index is 1.87. The predicted octanol–water partition coefficient (Wildman–Crippen LogP) is 5.40. The lowest BCUT2D eigenvalue weighted by molar-refractivity contribution is -0.137. The third kappa shape index (κ3) is 6.21. The summed E-state index contributed by atoms with van der Waals surface area (Å²) in [5.74, 6) is -0.464. The monoisotopic (exact) mass is 499 g/mol. The van der Waals surface area contributed by atoms with Gasteiger partial charge < -0.3 is 9.88 Å². The lowest BCUT2D eigenvalue weighted by atomic mass is 9.88. The van der Waals surface area contributed by atoms with Gasteiger partial charge in [0, 0.05) is 34.6 Å². The second-order valence-electron chi connectivity index (χ2n) is 10.1. The average molecular weight is 500 g/mol. The van der Waals surface area contributed by atoms with Gasteiger partial charge in [-0.15, -0.1) is 0 Å². The first-order chi connectivity index (χ1) is 15.6. The molecule has 34 heavy (non-hydrogen) atoms. The van der Waals surface area contributed by atoms with E-state index in [1.54, 1.807) is 0 Å². The number of sulfonamides is 1. The van der Waals surface area contributed by atoms with Gasteiger partial charge in [0.15, 0.2) is 0 Å². The van der Waals surface area contributed by atoms with E-state index in [0.717, 1.165) is 42.6 Å². The highest BCUT2D eigenvalue weighted by atomic mass is 32.2. The highest BCUT2D eigenvalue weighted by Crippen LogP contribution is 2.37. The first-order valence-corrected chi connectivity index (χ1v) is 13.1. The number of benzene rings is 1. The van der Waals surface area contributed by atoms with Gasteiger partial charge in [-0.2, -0.15) is 13.2 Å². The van der Waals surface area contributed by atoms with Crippen molar-refractivity contribution < 1.29 is 26.4 Å². The summed E-state index contributed by atoms with van der Waals surface area (Å²) in [6.07, 6.45) is -0.470. The summed E-state index contributed by atoms with van der Waals surface area (Å²) < 4.78 is 67.1. The summed E-state index contributed by atoms with van der Waals surface area (Å²) in [7, 11) is -3.27. The van der Waals surface area contributed by atoms with E-state index in [4.69, 9.17) is 0 Å². The Bertz CT molecular complexity index is 1160. The molecule has 0 aliphatic heterocycles. The van der Waals surface area contributed by atoms with Gasteiger partial charge in [0.1, 0.15) is 0 Å². The van der Waals surface area contributed by atoms with Crippen LogP contribution in [0.2, 0.25) is 0 Å². The second-order valence-corrected chi connectivity index (χ2v) is 11.9. The van der Waals surface area contributed by atoms with E-state index in [2.05, 4.69) is 14.6 Å². The van der Waals surface area contributed by atoms with Crippen LogP contribution in [0, 0.1) is 6.92 Å². The topological polar surface area (TPSA) is 80.2 Å². The third-order valence-corrected chi connectivity index (χ3v) is 6.96. The zero-order valence-electron chi connectivity index (χ0n) is 20.1. The number of halogens is 3. The van der Waals surface area contributed by atoms with Gasteiger partial charge in [-0.25, -0.2) is 13.1 Å². The lowest BCUT2D eigenvalue weighted by Gasteiger charge is -2.34. The van der Waals surface area contributed by atoms with Gasteiger partial charge in [0.2, 0.25) is 10.0 Å². The van der Waals surface area contributed by atoms with Crippen molar-refractivity contribution in [3.63, 3.8) is 0 Å². The molecule has 6 nitrogen and oxygen atoms in total. The van der Waals surface area contributed by atoms with Gasteiger partial charge in [0.05, 0.1) is 17.4 Å². The number of anilines is 1. The Morgan fingerprint density at radius 1 is 1.06 bits per heavy atom. The molecule has 1 aliphatic rings. The molecule has 1 heterocycles. The van der Waals surface area contributed by atoms with E-state index in [9.17, 15) is 26.4 Å². The SMILES string of the molecule is Cc1c(C(=O)Nc2cccc(C(F)(F)F)c2)cc(C(C)(C)C)n1C1CCC(NS(C)(=O)=O)CC1. The number of amides is 1. The molecule has 1 amide bonds. The molecule has 2 N–H and O–H groups in total. The molecule has 0 bridgehead atoms. The van der Waals surface area contributed by atoms with Crippen LogP contribution in [0.4, 0.5) is 18.9 Å². The molecular weight excluding hydrogens is 467 g/mol. The molecule has 10 heteroatoms. The van der Waals surface area contributed by atoms with E-state index < -0.39 is 27.7 Å². The lowest BCUT2D eigenvalue weighted by Crippen LogP contribution is -2.37. The van der Waals surface area contributed by atoms with Crippen molar-refractivity contribution in [1.29, 1.82) is 0 Å². The van der Waals surface area contributed by atoms with Crippen LogP contribution in [0.3, 0.4) is 0 Å². The maximum absolute atomic E-state index is 13.1. The minimum atomic E-state index is -4.50. The zero-order valence-corrected chi connectivity index (χ0v) is 20.9. The van der Waals surface area contributed by atoms with Crippen molar-refractivity contribution in [2.75, 3.05) is 11.6 Å². The van der Waals surface area contributed by atoms with Crippen LogP contribution in [0.5, 0.6) is 0 Å². The van der Waals surface area contributed by atoms with Crippen molar-refractivity contribution in [2.24, 2.45) is 0 Å². The summed E-state index contributed by atoms with van der Waals surface area (Å²) in [5.41, 5.74) is 1.10. The Labute approximate surface area is 199 Å². The number of carbonyl (C=O) groups excluding carboxylic acids is 1. The number of aromatic nitrogens is 1. The van der Waals surface area contributed by atoms with Crippen molar-refractivity contribution in [3.05, 3.63) is 52.8 Å². The maximum Gasteiger partial charge on any atom is 0.416 e. The number of nitrogens with zero attached hydrogens (tertiary/aromatic N) is 1. The fraction of sp³-hybridized carbons (Fsp3) is 0.542. The van der Waals surface area contributed by atoms with E-state index in [-0.39, 0.29) is 23.2 Å². The average Bonchev–Trinajstić information content (AvgIpc) is 3.05. The van der Waals surface area contributed by atoms with E-state index in [0.29, 0.717) is 18.4 Å². The van der Waals surface area contributed by atoms with Crippen molar-refractivity contribution in [1.82, 2.24) is 9.29 Å². The molecule has 2 aromatic rings. The molecule has 1 aliphatic carbocycles. The van der Waals surface area contributed by atoms with Crippen LogP contribution in [-0.2, 0) is 21.6 Å². The molecule has 1 aromatic heterocycles. The predicted molar refractivity (Wildman–Crippen MR) is 127 cm³/mol. The maximum atomic E-state index is 13.1. The van der Waals surface area contributed by atoms with E-state index in [1.807, 2.05) is 33.8 Å². The van der Waals surface area contributed by atoms with Gasteiger partial charge >= 0.3 is 6.18 Å². The molecule has 1 saturated carbocycles. The standard InChI is InChI=1S/C24H32F3N3O3S/c1-15-20(22(31)28-18-8-6-7-16(13-18)24(25,26)27)14-21(23(2,3)4)30(15)19-11-9-17(10-12-19)29-34(5,32)33/h6-8,13-14,17,19,29H,9-12H2,1-5H3,(H,28,31). The summed E-state index contributed by atoms with van der Waals surface area (Å²) in [6.45, 7) is 7.98. The highest BCUT2D eigenvalue weighted by molar-refractivity contribution is 7.88. The van der Waals surface area contributed by atoms with Gasteiger partial charge in [-0.05, 0) is 56.9 Å². The summed E-state index contributed by atoms with van der Waals surface area (Å²) in [6, 6.07) is 6.39. The number of nitrogens with one attached hydrogen (secondary N) is 2. The number of carbonyl (C=O) groups is 1. The van der Waals surface area contributed by atoms with Crippen LogP contribution >= 0.6 is 0 Å². The summed E-state index contributed by atoms with van der Waals surface area (Å²) in [5, 5.41) is 2.61. The number of rotatable bonds is 5. The number of hydrogen-bond donors (Lipinski definition) is 2. The van der Waals surface area contributed by atoms with Crippen molar-refractivity contribution in [2.45, 2.75) is 77.1 Å². The van der Waals surface area contributed by atoms with Crippen molar-refractivity contribution >= 4 is 21.6 Å². The smallest absolute Gasteiger partial charge is 0.345 e. The summed E-state index contributed by atoms with van der Waals surface area (Å²) >= 11 is 0. The van der Waals surface area contributed by atoms with Crippen LogP contribution < -0.4 is 10.0 Å². The fourth-order valence-electron chi connectivity index (χ4n) is 4.63.